The Hall–Kier alpha value is -5.26. The minimum atomic E-state index is -4.83. The maximum atomic E-state index is 14.1. The fourth-order valence-corrected chi connectivity index (χ4v) is 6.53. The Labute approximate surface area is 265 Å². The van der Waals surface area contributed by atoms with E-state index in [-0.39, 0.29) is 41.6 Å². The molecule has 4 aromatic heterocycles. The normalized spacial score (nSPS) is 19.9. The molecule has 0 aromatic carbocycles. The third-order valence-electron chi connectivity index (χ3n) is 8.00. The molecule has 4 aromatic rings. The number of amides is 2. The standard InChI is InChI=1S/C29H26F3N9O5S/c1-15-22(47(2,45)46)9-17(12-34-15)24(42)36-13-18-10-21-16(11-35-18)3-4-19(37-21)20-5-7-33-26(38-20)41-8-6-28(23(14-41)29(30,31)32)25(43)39-27(44)40-28/h3-5,7,9-12,23H,6,8,13-14H2,1-2H3,(H,36,42)(H2,39,40,43,44)/p-1/t23-,28-/m1/s1. The number of nitrogens with one attached hydrogen (secondary N) is 2. The summed E-state index contributed by atoms with van der Waals surface area (Å²) in [4.78, 5) is 51.5. The molecule has 2 aliphatic rings. The highest BCUT2D eigenvalue weighted by atomic mass is 32.2. The number of aryl methyl sites for hydroxylation is 1. The first kappa shape index (κ1) is 31.7. The maximum absolute atomic E-state index is 14.1. The van der Waals surface area contributed by atoms with Gasteiger partial charge in [-0.3, -0.25) is 24.5 Å². The second kappa shape index (κ2) is 11.5. The van der Waals surface area contributed by atoms with E-state index < -0.39 is 51.9 Å². The predicted octanol–water partition coefficient (Wildman–Crippen LogP) is 1.10. The fraction of sp³-hybridized carbons (Fsp3) is 0.310. The number of pyridine rings is 3. The molecular weight excluding hydrogens is 643 g/mol. The Morgan fingerprint density at radius 2 is 1.89 bits per heavy atom. The molecule has 47 heavy (non-hydrogen) atoms. The molecule has 6 rings (SSSR count). The molecule has 2 amide bonds. The number of halogens is 3. The van der Waals surface area contributed by atoms with Crippen LogP contribution >= 0.6 is 0 Å². The molecule has 1 fully saturated rings. The van der Waals surface area contributed by atoms with Gasteiger partial charge < -0.3 is 20.6 Å². The van der Waals surface area contributed by atoms with E-state index in [1.807, 2.05) is 5.32 Å². The van der Waals surface area contributed by atoms with Gasteiger partial charge in [0.05, 0.1) is 51.3 Å². The Morgan fingerprint density at radius 3 is 2.60 bits per heavy atom. The second-order valence-electron chi connectivity index (χ2n) is 11.2. The lowest BCUT2D eigenvalue weighted by atomic mass is 9.77. The lowest BCUT2D eigenvalue weighted by Gasteiger charge is -2.42. The van der Waals surface area contributed by atoms with Crippen LogP contribution in [-0.2, 0) is 21.2 Å². The number of aliphatic imine (C=N–C) groups is 1. The number of hydrogen-bond donors (Lipinski definition) is 2. The smallest absolute Gasteiger partial charge is 0.396 e. The molecule has 0 unspecified atom stereocenters. The van der Waals surface area contributed by atoms with Gasteiger partial charge >= 0.3 is 6.18 Å². The van der Waals surface area contributed by atoms with Gasteiger partial charge in [0.25, 0.3) is 11.8 Å². The molecule has 2 aliphatic heterocycles. The highest BCUT2D eigenvalue weighted by Crippen LogP contribution is 2.44. The van der Waals surface area contributed by atoms with Crippen LogP contribution in [-0.4, -0.2) is 82.2 Å². The fourth-order valence-electron chi connectivity index (χ4n) is 5.60. The average Bonchev–Trinajstić information content (AvgIpc) is 3.30. The number of alkyl halides is 3. The Morgan fingerprint density at radius 1 is 1.13 bits per heavy atom. The van der Waals surface area contributed by atoms with Crippen molar-refractivity contribution in [1.82, 2.24) is 35.6 Å². The van der Waals surface area contributed by atoms with E-state index in [1.165, 1.54) is 30.3 Å². The van der Waals surface area contributed by atoms with E-state index in [2.05, 4.69) is 35.2 Å². The van der Waals surface area contributed by atoms with Crippen molar-refractivity contribution in [3.63, 3.8) is 0 Å². The van der Waals surface area contributed by atoms with E-state index in [4.69, 9.17) is 0 Å². The molecule has 6 heterocycles. The number of nitrogens with zero attached hydrogens (tertiary/aromatic N) is 7. The molecule has 0 saturated carbocycles. The number of aromatic nitrogens is 5. The van der Waals surface area contributed by atoms with Crippen molar-refractivity contribution in [1.29, 1.82) is 0 Å². The highest BCUT2D eigenvalue weighted by Gasteiger charge is 2.61. The summed E-state index contributed by atoms with van der Waals surface area (Å²) in [6.07, 6.45) is 0.0688. The Balaban J connectivity index is 1.21. The molecule has 18 heteroatoms. The molecule has 1 saturated heterocycles. The van der Waals surface area contributed by atoms with Crippen molar-refractivity contribution in [3.05, 3.63) is 65.9 Å². The summed E-state index contributed by atoms with van der Waals surface area (Å²) in [5.41, 5.74) is -0.241. The molecule has 244 valence electrons. The number of rotatable bonds is 6. The number of anilines is 1. The summed E-state index contributed by atoms with van der Waals surface area (Å²) in [6, 6.07) is 6.76. The lowest BCUT2D eigenvalue weighted by Crippen LogP contribution is -2.60. The molecule has 2 atom stereocenters. The second-order valence-corrected chi connectivity index (χ2v) is 13.1. The van der Waals surface area contributed by atoms with Crippen molar-refractivity contribution in [2.45, 2.75) is 36.5 Å². The molecule has 0 bridgehead atoms. The highest BCUT2D eigenvalue weighted by molar-refractivity contribution is 7.90. The minimum absolute atomic E-state index is 0.00680. The number of carbonyl (C=O) groups is 2. The molecule has 2 N–H and O–H groups in total. The van der Waals surface area contributed by atoms with Gasteiger partial charge in [0, 0.05) is 43.3 Å². The first-order valence-corrected chi connectivity index (χ1v) is 16.0. The number of piperidine rings is 1. The van der Waals surface area contributed by atoms with Crippen LogP contribution < -0.4 is 20.6 Å². The summed E-state index contributed by atoms with van der Waals surface area (Å²) in [7, 11) is -3.58. The van der Waals surface area contributed by atoms with Crippen molar-refractivity contribution in [2.24, 2.45) is 10.9 Å². The van der Waals surface area contributed by atoms with Gasteiger partial charge in [-0.15, -0.1) is 0 Å². The minimum Gasteiger partial charge on any atom is -0.846 e. The van der Waals surface area contributed by atoms with Crippen molar-refractivity contribution < 1.29 is 36.3 Å². The predicted molar refractivity (Wildman–Crippen MR) is 159 cm³/mol. The van der Waals surface area contributed by atoms with Gasteiger partial charge in [-0.05, 0) is 43.7 Å². The van der Waals surface area contributed by atoms with E-state index in [0.717, 1.165) is 6.26 Å². The van der Waals surface area contributed by atoms with Crippen molar-refractivity contribution >= 4 is 44.5 Å². The van der Waals surface area contributed by atoms with Crippen LogP contribution in [0.15, 0.2) is 58.8 Å². The van der Waals surface area contributed by atoms with Gasteiger partial charge in [0.1, 0.15) is 5.92 Å². The molecule has 0 radical (unpaired) electrons. The Kier molecular flexibility index (Phi) is 7.77. The zero-order valence-electron chi connectivity index (χ0n) is 24.7. The van der Waals surface area contributed by atoms with Gasteiger partial charge in [-0.2, -0.15) is 13.2 Å². The summed E-state index contributed by atoms with van der Waals surface area (Å²) < 4.78 is 66.4. The number of hydrogen-bond acceptors (Lipinski definition) is 12. The van der Waals surface area contributed by atoms with Gasteiger partial charge in [-0.1, -0.05) is 0 Å². The van der Waals surface area contributed by atoms with Crippen LogP contribution in [0.25, 0.3) is 22.3 Å². The van der Waals surface area contributed by atoms with E-state index in [0.29, 0.717) is 28.0 Å². The first-order valence-electron chi connectivity index (χ1n) is 14.1. The zero-order valence-corrected chi connectivity index (χ0v) is 25.6. The zero-order chi connectivity index (χ0) is 33.7. The Bertz CT molecular complexity index is 2080. The van der Waals surface area contributed by atoms with Crippen molar-refractivity contribution in [2.75, 3.05) is 24.2 Å². The largest absolute Gasteiger partial charge is 0.846 e. The summed E-state index contributed by atoms with van der Waals surface area (Å²) >= 11 is 0. The average molecular weight is 669 g/mol. The summed E-state index contributed by atoms with van der Waals surface area (Å²) in [6.45, 7) is 0.787. The lowest BCUT2D eigenvalue weighted by molar-refractivity contribution is -0.220. The van der Waals surface area contributed by atoms with Crippen LogP contribution in [0.5, 0.6) is 0 Å². The molecule has 1 spiro atoms. The maximum Gasteiger partial charge on any atom is 0.396 e. The van der Waals surface area contributed by atoms with Crippen LogP contribution in [0.2, 0.25) is 0 Å². The van der Waals surface area contributed by atoms with Crippen LogP contribution in [0.1, 0.15) is 28.2 Å². The van der Waals surface area contributed by atoms with Crippen LogP contribution in [0.4, 0.5) is 19.1 Å². The van der Waals surface area contributed by atoms with Crippen molar-refractivity contribution in [3.8, 4) is 11.4 Å². The number of carbonyl (C=O) groups excluding carboxylic acids is 2. The topological polar surface area (TPSA) is 195 Å². The van der Waals surface area contributed by atoms with E-state index in [1.54, 1.807) is 30.5 Å². The number of fused-ring (bicyclic) bond motifs is 1. The van der Waals surface area contributed by atoms with Crippen LogP contribution in [0.3, 0.4) is 0 Å². The number of amidine groups is 1. The molecule has 0 aliphatic carbocycles. The van der Waals surface area contributed by atoms with Gasteiger partial charge in [0.15, 0.2) is 15.4 Å². The summed E-state index contributed by atoms with van der Waals surface area (Å²) in [5, 5.41) is 16.9. The van der Waals surface area contributed by atoms with E-state index in [9.17, 15) is 36.3 Å². The molecular formula is C29H25F3N9O5S-. The SMILES string of the molecule is Cc1ncc(C(=O)NCc2cc3nc(-c4ccnc(N5CC[C@@]6(N=C([O-])NC6=O)[C@H](C(F)(F)F)C5)n4)ccc3cn2)cc1S(C)(=O)=O. The third-order valence-corrected chi connectivity index (χ3v) is 9.21. The third kappa shape index (κ3) is 6.15. The van der Waals surface area contributed by atoms with Gasteiger partial charge in [0.2, 0.25) is 5.95 Å². The monoisotopic (exact) mass is 668 g/mol. The van der Waals surface area contributed by atoms with E-state index >= 15 is 0 Å². The number of sulfone groups is 1. The van der Waals surface area contributed by atoms with Crippen LogP contribution in [0, 0.1) is 12.8 Å². The molecule has 14 nitrogen and oxygen atoms in total. The quantitative estimate of drug-likeness (QED) is 0.299. The summed E-state index contributed by atoms with van der Waals surface area (Å²) in [5.74, 6) is -3.89. The first-order chi connectivity index (χ1) is 22.1. The van der Waals surface area contributed by atoms with Gasteiger partial charge in [-0.25, -0.2) is 23.4 Å².